The molecule has 1 unspecified atom stereocenters. The normalized spacial score (nSPS) is 11.9. The van der Waals surface area contributed by atoms with Gasteiger partial charge in [0, 0.05) is 25.8 Å². The third-order valence-electron chi connectivity index (χ3n) is 1.83. The van der Waals surface area contributed by atoms with Crippen LogP contribution in [0.5, 0.6) is 0 Å². The Morgan fingerprint density at radius 3 is 3.00 bits per heavy atom. The third-order valence-corrected chi connectivity index (χ3v) is 1.83. The Hall–Kier alpha value is -1.60. The number of hydrogen-bond acceptors (Lipinski definition) is 4. The number of likely N-dealkylation sites (N-methyl/N-ethyl adjacent to an activating group) is 1. The molecule has 0 saturated heterocycles. The fourth-order valence-corrected chi connectivity index (χ4v) is 1.22. The summed E-state index contributed by atoms with van der Waals surface area (Å²) in [6, 6.07) is 5.60. The molecule has 0 radical (unpaired) electrons. The summed E-state index contributed by atoms with van der Waals surface area (Å²) in [7, 11) is 1.91. The maximum absolute atomic E-state index is 8.70. The molecule has 0 amide bonds. The first-order chi connectivity index (χ1) is 6.63. The summed E-state index contributed by atoms with van der Waals surface area (Å²) in [6.07, 6.45) is 1.63. The first-order valence-corrected chi connectivity index (χ1v) is 4.46. The lowest BCUT2D eigenvalue weighted by molar-refractivity contribution is 0.712. The first-order valence-electron chi connectivity index (χ1n) is 4.46. The summed E-state index contributed by atoms with van der Waals surface area (Å²) < 4.78 is 0. The van der Waals surface area contributed by atoms with E-state index in [1.54, 1.807) is 18.3 Å². The molecule has 0 bridgehead atoms. The SMILES string of the molecule is CC(N)CN(C)c1cc(C#N)ccn1. The van der Waals surface area contributed by atoms with Gasteiger partial charge < -0.3 is 10.6 Å². The van der Waals surface area contributed by atoms with Crippen LogP contribution in [0.3, 0.4) is 0 Å². The van der Waals surface area contributed by atoms with Gasteiger partial charge in [-0.05, 0) is 19.1 Å². The molecule has 74 valence electrons. The molecule has 1 atom stereocenters. The van der Waals surface area contributed by atoms with Gasteiger partial charge in [-0.15, -0.1) is 0 Å². The largest absolute Gasteiger partial charge is 0.358 e. The minimum Gasteiger partial charge on any atom is -0.358 e. The van der Waals surface area contributed by atoms with Crippen LogP contribution in [0.4, 0.5) is 5.82 Å². The summed E-state index contributed by atoms with van der Waals surface area (Å²) in [5.41, 5.74) is 6.28. The lowest BCUT2D eigenvalue weighted by Gasteiger charge is -2.20. The summed E-state index contributed by atoms with van der Waals surface area (Å²) in [4.78, 5) is 6.10. The second kappa shape index (κ2) is 4.58. The van der Waals surface area contributed by atoms with Crippen LogP contribution in [-0.2, 0) is 0 Å². The highest BCUT2D eigenvalue weighted by Gasteiger charge is 2.04. The number of nitrogens with zero attached hydrogens (tertiary/aromatic N) is 3. The minimum atomic E-state index is 0.0903. The van der Waals surface area contributed by atoms with Gasteiger partial charge in [0.1, 0.15) is 5.82 Å². The van der Waals surface area contributed by atoms with Crippen LogP contribution in [0.1, 0.15) is 12.5 Å². The number of anilines is 1. The van der Waals surface area contributed by atoms with Gasteiger partial charge in [0.15, 0.2) is 0 Å². The summed E-state index contributed by atoms with van der Waals surface area (Å²) >= 11 is 0. The van der Waals surface area contributed by atoms with E-state index in [2.05, 4.69) is 11.1 Å². The maximum atomic E-state index is 8.70. The van der Waals surface area contributed by atoms with E-state index in [-0.39, 0.29) is 6.04 Å². The summed E-state index contributed by atoms with van der Waals surface area (Å²) in [6.45, 7) is 2.66. The molecule has 14 heavy (non-hydrogen) atoms. The van der Waals surface area contributed by atoms with E-state index in [1.165, 1.54) is 0 Å². The zero-order valence-corrected chi connectivity index (χ0v) is 8.44. The monoisotopic (exact) mass is 190 g/mol. The lowest BCUT2D eigenvalue weighted by Crippen LogP contribution is -2.33. The van der Waals surface area contributed by atoms with Crippen LogP contribution in [0.25, 0.3) is 0 Å². The van der Waals surface area contributed by atoms with Gasteiger partial charge in [-0.1, -0.05) is 0 Å². The van der Waals surface area contributed by atoms with Crippen molar-refractivity contribution in [2.75, 3.05) is 18.5 Å². The van der Waals surface area contributed by atoms with Crippen molar-refractivity contribution in [1.29, 1.82) is 5.26 Å². The van der Waals surface area contributed by atoms with Crippen molar-refractivity contribution in [2.24, 2.45) is 5.73 Å². The molecule has 0 aliphatic carbocycles. The van der Waals surface area contributed by atoms with Crippen molar-refractivity contribution in [1.82, 2.24) is 4.98 Å². The molecule has 0 aliphatic rings. The van der Waals surface area contributed by atoms with E-state index >= 15 is 0 Å². The second-order valence-corrected chi connectivity index (χ2v) is 3.37. The van der Waals surface area contributed by atoms with Crippen molar-refractivity contribution in [2.45, 2.75) is 13.0 Å². The van der Waals surface area contributed by atoms with Gasteiger partial charge in [0.25, 0.3) is 0 Å². The first kappa shape index (κ1) is 10.5. The lowest BCUT2D eigenvalue weighted by atomic mass is 10.2. The topological polar surface area (TPSA) is 65.9 Å². The number of aromatic nitrogens is 1. The van der Waals surface area contributed by atoms with Crippen LogP contribution < -0.4 is 10.6 Å². The highest BCUT2D eigenvalue weighted by Crippen LogP contribution is 2.10. The highest BCUT2D eigenvalue weighted by atomic mass is 15.2. The number of nitriles is 1. The van der Waals surface area contributed by atoms with Crippen molar-refractivity contribution in [3.8, 4) is 6.07 Å². The quantitative estimate of drug-likeness (QED) is 0.763. The van der Waals surface area contributed by atoms with Crippen LogP contribution in [0.2, 0.25) is 0 Å². The average Bonchev–Trinajstić information content (AvgIpc) is 2.17. The Morgan fingerprint density at radius 1 is 1.71 bits per heavy atom. The van der Waals surface area contributed by atoms with Gasteiger partial charge >= 0.3 is 0 Å². The Morgan fingerprint density at radius 2 is 2.43 bits per heavy atom. The van der Waals surface area contributed by atoms with E-state index < -0.39 is 0 Å². The zero-order chi connectivity index (χ0) is 10.6. The van der Waals surface area contributed by atoms with Gasteiger partial charge in [0.05, 0.1) is 11.6 Å². The molecular weight excluding hydrogens is 176 g/mol. The number of nitrogens with two attached hydrogens (primary N) is 1. The Labute approximate surface area is 84.0 Å². The van der Waals surface area contributed by atoms with E-state index in [9.17, 15) is 0 Å². The average molecular weight is 190 g/mol. The fraction of sp³-hybridized carbons (Fsp3) is 0.400. The molecule has 1 aromatic rings. The molecule has 2 N–H and O–H groups in total. The van der Waals surface area contributed by atoms with E-state index in [1.807, 2.05) is 18.9 Å². The van der Waals surface area contributed by atoms with E-state index in [4.69, 9.17) is 11.0 Å². The molecule has 4 heteroatoms. The molecule has 0 aromatic carbocycles. The summed E-state index contributed by atoms with van der Waals surface area (Å²) in [5.74, 6) is 0.779. The molecule has 0 spiro atoms. The standard InChI is InChI=1S/C10H14N4/c1-8(12)7-14(2)10-5-9(6-11)3-4-13-10/h3-5,8H,7,12H2,1-2H3. The Kier molecular flexibility index (Phi) is 3.43. The number of hydrogen-bond donors (Lipinski definition) is 1. The second-order valence-electron chi connectivity index (χ2n) is 3.37. The molecular formula is C10H14N4. The predicted octanol–water partition coefficient (Wildman–Crippen LogP) is 0.737. The molecule has 1 heterocycles. The Bertz CT molecular complexity index is 340. The van der Waals surface area contributed by atoms with E-state index in [0.717, 1.165) is 12.4 Å². The van der Waals surface area contributed by atoms with Crippen molar-refractivity contribution in [3.05, 3.63) is 23.9 Å². The number of rotatable bonds is 3. The molecule has 0 saturated carbocycles. The van der Waals surface area contributed by atoms with Crippen LogP contribution in [0, 0.1) is 11.3 Å². The molecule has 0 aliphatic heterocycles. The smallest absolute Gasteiger partial charge is 0.129 e. The van der Waals surface area contributed by atoms with Crippen molar-refractivity contribution < 1.29 is 0 Å². The Balaban J connectivity index is 2.80. The van der Waals surface area contributed by atoms with E-state index in [0.29, 0.717) is 5.56 Å². The van der Waals surface area contributed by atoms with Gasteiger partial charge in [0.2, 0.25) is 0 Å². The van der Waals surface area contributed by atoms with Gasteiger partial charge in [-0.2, -0.15) is 5.26 Å². The van der Waals surface area contributed by atoms with Crippen LogP contribution in [0.15, 0.2) is 18.3 Å². The van der Waals surface area contributed by atoms with Crippen molar-refractivity contribution in [3.63, 3.8) is 0 Å². The van der Waals surface area contributed by atoms with Gasteiger partial charge in [-0.25, -0.2) is 4.98 Å². The highest BCUT2D eigenvalue weighted by molar-refractivity contribution is 5.44. The van der Waals surface area contributed by atoms with Gasteiger partial charge in [-0.3, -0.25) is 0 Å². The fourth-order valence-electron chi connectivity index (χ4n) is 1.22. The molecule has 1 rings (SSSR count). The maximum Gasteiger partial charge on any atom is 0.129 e. The zero-order valence-electron chi connectivity index (χ0n) is 8.44. The predicted molar refractivity (Wildman–Crippen MR) is 55.9 cm³/mol. The van der Waals surface area contributed by atoms with Crippen LogP contribution >= 0.6 is 0 Å². The molecule has 1 aromatic heterocycles. The van der Waals surface area contributed by atoms with Crippen LogP contribution in [-0.4, -0.2) is 24.6 Å². The minimum absolute atomic E-state index is 0.0903. The number of pyridine rings is 1. The summed E-state index contributed by atoms with van der Waals surface area (Å²) in [5, 5.41) is 8.70. The van der Waals surface area contributed by atoms with Crippen molar-refractivity contribution >= 4 is 5.82 Å². The molecule has 4 nitrogen and oxygen atoms in total. The third kappa shape index (κ3) is 2.71. The molecule has 0 fully saturated rings.